The molecule has 36 heavy (non-hydrogen) atoms. The Balaban J connectivity index is 1.51. The Hall–Kier alpha value is -4.02. The monoisotopic (exact) mass is 552 g/mol. The summed E-state index contributed by atoms with van der Waals surface area (Å²) in [4.78, 5) is 48.7. The van der Waals surface area contributed by atoms with Gasteiger partial charge in [0.15, 0.2) is 12.4 Å². The van der Waals surface area contributed by atoms with Crippen molar-refractivity contribution in [2.75, 3.05) is 17.2 Å². The molecule has 186 valence electrons. The molecule has 0 bridgehead atoms. The lowest BCUT2D eigenvalue weighted by molar-refractivity contribution is -0.118. The molecule has 1 atom stereocenters. The number of amides is 3. The average molecular weight is 553 g/mol. The Labute approximate surface area is 216 Å². The summed E-state index contributed by atoms with van der Waals surface area (Å²) in [6.07, 6.45) is 0. The summed E-state index contributed by atoms with van der Waals surface area (Å²) in [5.74, 6) is -1.16. The third-order valence-electron chi connectivity index (χ3n) is 4.97. The molecule has 0 aliphatic rings. The number of anilines is 2. The molecule has 10 heteroatoms. The molecule has 3 amide bonds. The van der Waals surface area contributed by atoms with Crippen LogP contribution in [0.5, 0.6) is 5.75 Å². The van der Waals surface area contributed by atoms with E-state index in [2.05, 4.69) is 37.4 Å². The van der Waals surface area contributed by atoms with Crippen LogP contribution in [0.25, 0.3) is 0 Å². The predicted octanol–water partition coefficient (Wildman–Crippen LogP) is 3.93. The van der Waals surface area contributed by atoms with E-state index in [0.717, 1.165) is 4.47 Å². The van der Waals surface area contributed by atoms with E-state index < -0.39 is 11.9 Å². The summed E-state index contributed by atoms with van der Waals surface area (Å²) in [5.41, 5.74) is 7.00. The molecule has 0 saturated carbocycles. The molecule has 0 radical (unpaired) electrons. The third-order valence-corrected chi connectivity index (χ3v) is 5.50. The lowest BCUT2D eigenvalue weighted by atomic mass is 10.1. The number of halogens is 1. The predicted molar refractivity (Wildman–Crippen MR) is 140 cm³/mol. The van der Waals surface area contributed by atoms with Gasteiger partial charge in [-0.25, -0.2) is 5.43 Å². The van der Waals surface area contributed by atoms with Gasteiger partial charge in [0, 0.05) is 21.4 Å². The van der Waals surface area contributed by atoms with Crippen molar-refractivity contribution in [3.05, 3.63) is 88.4 Å². The Kier molecular flexibility index (Phi) is 9.32. The lowest BCUT2D eigenvalue weighted by Gasteiger charge is -2.16. The number of hydrogen-bond acceptors (Lipinski definition) is 6. The van der Waals surface area contributed by atoms with Crippen LogP contribution >= 0.6 is 15.9 Å². The summed E-state index contributed by atoms with van der Waals surface area (Å²) in [6.45, 7) is 2.74. The second-order valence-electron chi connectivity index (χ2n) is 7.78. The van der Waals surface area contributed by atoms with E-state index in [1.54, 1.807) is 79.7 Å². The van der Waals surface area contributed by atoms with Crippen molar-refractivity contribution in [3.63, 3.8) is 0 Å². The summed E-state index contributed by atoms with van der Waals surface area (Å²) >= 11 is 3.33. The number of benzene rings is 3. The van der Waals surface area contributed by atoms with Gasteiger partial charge in [0.1, 0.15) is 11.8 Å². The number of rotatable bonds is 10. The summed E-state index contributed by atoms with van der Waals surface area (Å²) < 4.78 is 6.45. The van der Waals surface area contributed by atoms with Gasteiger partial charge in [-0.3, -0.25) is 24.6 Å². The third kappa shape index (κ3) is 7.76. The fourth-order valence-electron chi connectivity index (χ4n) is 3.00. The van der Waals surface area contributed by atoms with Crippen LogP contribution in [-0.4, -0.2) is 36.2 Å². The quantitative estimate of drug-likeness (QED) is 0.223. The van der Waals surface area contributed by atoms with Crippen LogP contribution in [0.3, 0.4) is 0 Å². The number of para-hydroxylation sites is 1. The first-order valence-electron chi connectivity index (χ1n) is 11.0. The molecule has 0 fully saturated rings. The molecule has 0 saturated heterocycles. The standard InChI is InChI=1S/C26H25BrN4O5/c1-16(25(34)29-21-11-7-18(8-12-21)17(2)32)30-31-26(35)22-5-3-4-6-23(22)36-15-24(33)28-20-13-9-19(27)10-14-20/h3-14,16,30H,15H2,1-2H3,(H,28,33)(H,29,34)(H,31,35)/t16-/m0/s1. The topological polar surface area (TPSA) is 126 Å². The second kappa shape index (κ2) is 12.6. The molecule has 4 N–H and O–H groups in total. The minimum Gasteiger partial charge on any atom is -0.483 e. The van der Waals surface area contributed by atoms with Gasteiger partial charge in [-0.1, -0.05) is 28.1 Å². The van der Waals surface area contributed by atoms with E-state index in [1.807, 2.05) is 0 Å². The van der Waals surface area contributed by atoms with E-state index in [0.29, 0.717) is 16.9 Å². The Morgan fingerprint density at radius 1 is 0.861 bits per heavy atom. The number of carbonyl (C=O) groups is 4. The van der Waals surface area contributed by atoms with Crippen LogP contribution in [0.4, 0.5) is 11.4 Å². The van der Waals surface area contributed by atoms with Crippen molar-refractivity contribution < 1.29 is 23.9 Å². The van der Waals surface area contributed by atoms with E-state index in [9.17, 15) is 19.2 Å². The number of carbonyl (C=O) groups excluding carboxylic acids is 4. The fraction of sp³-hybridized carbons (Fsp3) is 0.154. The molecule has 3 rings (SSSR count). The fourth-order valence-corrected chi connectivity index (χ4v) is 3.26. The zero-order valence-electron chi connectivity index (χ0n) is 19.6. The first kappa shape index (κ1) is 26.6. The normalized spacial score (nSPS) is 11.2. The van der Waals surface area contributed by atoms with Crippen LogP contribution in [-0.2, 0) is 9.59 Å². The zero-order chi connectivity index (χ0) is 26.1. The maximum atomic E-state index is 12.7. The molecular formula is C26H25BrN4O5. The van der Waals surface area contributed by atoms with Crippen molar-refractivity contribution in [1.29, 1.82) is 0 Å². The molecule has 0 heterocycles. The van der Waals surface area contributed by atoms with E-state index >= 15 is 0 Å². The van der Waals surface area contributed by atoms with Gasteiger partial charge in [-0.2, -0.15) is 0 Å². The number of ether oxygens (including phenoxy) is 1. The van der Waals surface area contributed by atoms with Gasteiger partial charge in [0.2, 0.25) is 5.91 Å². The average Bonchev–Trinajstić information content (AvgIpc) is 2.87. The molecule has 9 nitrogen and oxygen atoms in total. The first-order valence-corrected chi connectivity index (χ1v) is 11.8. The molecule has 0 aromatic heterocycles. The second-order valence-corrected chi connectivity index (χ2v) is 8.70. The molecule has 3 aromatic rings. The van der Waals surface area contributed by atoms with Crippen molar-refractivity contribution >= 4 is 50.8 Å². The highest BCUT2D eigenvalue weighted by atomic mass is 79.9. The number of ketones is 1. The van der Waals surface area contributed by atoms with Gasteiger partial charge in [0.25, 0.3) is 11.8 Å². The first-order chi connectivity index (χ1) is 17.2. The van der Waals surface area contributed by atoms with E-state index in [1.165, 1.54) is 6.92 Å². The minimum atomic E-state index is -0.772. The number of Topliss-reactive ketones (excluding diaryl/α,β-unsaturated/α-hetero) is 1. The van der Waals surface area contributed by atoms with Gasteiger partial charge in [-0.15, -0.1) is 0 Å². The lowest BCUT2D eigenvalue weighted by Crippen LogP contribution is -2.48. The number of hydrogen-bond donors (Lipinski definition) is 4. The maximum absolute atomic E-state index is 12.7. The van der Waals surface area contributed by atoms with Gasteiger partial charge < -0.3 is 15.4 Å². The SMILES string of the molecule is CC(=O)c1ccc(NC(=O)[C@H](C)NNC(=O)c2ccccc2OCC(=O)Nc2ccc(Br)cc2)cc1. The van der Waals surface area contributed by atoms with E-state index in [4.69, 9.17) is 4.74 Å². The Bertz CT molecular complexity index is 1250. The summed E-state index contributed by atoms with van der Waals surface area (Å²) in [5, 5.41) is 5.41. The minimum absolute atomic E-state index is 0.0693. The van der Waals surface area contributed by atoms with Crippen molar-refractivity contribution in [1.82, 2.24) is 10.9 Å². The van der Waals surface area contributed by atoms with Crippen molar-refractivity contribution in [3.8, 4) is 5.75 Å². The maximum Gasteiger partial charge on any atom is 0.269 e. The summed E-state index contributed by atoms with van der Waals surface area (Å²) in [6, 6.07) is 19.3. The largest absolute Gasteiger partial charge is 0.483 e. The zero-order valence-corrected chi connectivity index (χ0v) is 21.2. The molecule has 0 aliphatic heterocycles. The smallest absolute Gasteiger partial charge is 0.269 e. The van der Waals surface area contributed by atoms with Crippen molar-refractivity contribution in [2.24, 2.45) is 0 Å². The van der Waals surface area contributed by atoms with Crippen LogP contribution in [0.2, 0.25) is 0 Å². The van der Waals surface area contributed by atoms with E-state index in [-0.39, 0.29) is 35.5 Å². The number of hydrazine groups is 1. The summed E-state index contributed by atoms with van der Waals surface area (Å²) in [7, 11) is 0. The van der Waals surface area contributed by atoms with Crippen LogP contribution in [0, 0.1) is 0 Å². The molecule has 0 unspecified atom stereocenters. The van der Waals surface area contributed by atoms with Gasteiger partial charge >= 0.3 is 0 Å². The molecule has 3 aromatic carbocycles. The molecular weight excluding hydrogens is 528 g/mol. The molecule has 0 spiro atoms. The van der Waals surface area contributed by atoms with Gasteiger partial charge in [0.05, 0.1) is 5.56 Å². The van der Waals surface area contributed by atoms with Crippen LogP contribution in [0.1, 0.15) is 34.6 Å². The number of nitrogens with one attached hydrogen (secondary N) is 4. The highest BCUT2D eigenvalue weighted by molar-refractivity contribution is 9.10. The highest BCUT2D eigenvalue weighted by Gasteiger charge is 2.17. The van der Waals surface area contributed by atoms with Crippen LogP contribution in [0.15, 0.2) is 77.3 Å². The van der Waals surface area contributed by atoms with Crippen molar-refractivity contribution in [2.45, 2.75) is 19.9 Å². The molecule has 0 aliphatic carbocycles. The Morgan fingerprint density at radius 3 is 2.14 bits per heavy atom. The highest BCUT2D eigenvalue weighted by Crippen LogP contribution is 2.18. The van der Waals surface area contributed by atoms with Gasteiger partial charge in [-0.05, 0) is 74.5 Å². The van der Waals surface area contributed by atoms with Crippen LogP contribution < -0.4 is 26.2 Å². The Morgan fingerprint density at radius 2 is 1.47 bits per heavy atom.